The number of carbonyl (C=O) groups is 2. The molecule has 2 rings (SSSR count). The highest BCUT2D eigenvalue weighted by molar-refractivity contribution is 9.10. The van der Waals surface area contributed by atoms with Gasteiger partial charge in [-0.15, -0.1) is 0 Å². The summed E-state index contributed by atoms with van der Waals surface area (Å²) in [6.45, 7) is 15.8. The number of hydrogen-bond acceptors (Lipinski definition) is 7. The van der Waals surface area contributed by atoms with E-state index in [1.807, 2.05) is 0 Å². The van der Waals surface area contributed by atoms with Crippen molar-refractivity contribution < 1.29 is 28.2 Å². The Morgan fingerprint density at radius 3 is 2.47 bits per heavy atom. The smallest absolute Gasteiger partial charge is 0.359 e. The number of esters is 2. The van der Waals surface area contributed by atoms with Crippen LogP contribution in [0, 0.1) is 5.82 Å². The van der Waals surface area contributed by atoms with Gasteiger partial charge in [0, 0.05) is 24.7 Å². The first-order chi connectivity index (χ1) is 16.4. The average molecular weight is 606 g/mol. The number of rotatable bonds is 8. The Morgan fingerprint density at radius 1 is 1.28 bits per heavy atom. The minimum absolute atomic E-state index is 0.220. The van der Waals surface area contributed by atoms with Crippen LogP contribution in [-0.2, 0) is 29.3 Å². The molecule has 0 aromatic heterocycles. The van der Waals surface area contributed by atoms with Crippen molar-refractivity contribution in [3.8, 4) is 0 Å². The van der Waals surface area contributed by atoms with Crippen molar-refractivity contribution in [3.63, 3.8) is 0 Å². The molecule has 0 saturated carbocycles. The predicted molar refractivity (Wildman–Crippen MR) is 148 cm³/mol. The first-order valence-electron chi connectivity index (χ1n) is 11.8. The van der Waals surface area contributed by atoms with Crippen LogP contribution in [0.5, 0.6) is 0 Å². The van der Waals surface area contributed by atoms with Crippen molar-refractivity contribution in [2.24, 2.45) is 4.99 Å². The van der Waals surface area contributed by atoms with Crippen molar-refractivity contribution >= 4 is 52.9 Å². The molecular formula is C25H38BrFN2O5SSi. The first kappa shape index (κ1) is 30.8. The van der Waals surface area contributed by atoms with Crippen LogP contribution in [-0.4, -0.2) is 55.5 Å². The topological polar surface area (TPSA) is 86.2 Å². The van der Waals surface area contributed by atoms with Gasteiger partial charge in [0.2, 0.25) is 6.23 Å². The van der Waals surface area contributed by atoms with Crippen molar-refractivity contribution in [2.75, 3.05) is 13.7 Å². The summed E-state index contributed by atoms with van der Waals surface area (Å²) in [7, 11) is -0.121. The normalized spacial score (nSPS) is 24.7. The molecule has 0 bridgehead atoms. The minimum atomic E-state index is -1.43. The number of aliphatic imine (C=N–C) groups is 1. The summed E-state index contributed by atoms with van der Waals surface area (Å²) < 4.78 is 31.2. The Morgan fingerprint density at radius 2 is 1.92 bits per heavy atom. The lowest BCUT2D eigenvalue weighted by atomic mass is 9.82. The molecule has 1 heterocycles. The van der Waals surface area contributed by atoms with Gasteiger partial charge in [-0.05, 0) is 65.3 Å². The molecule has 36 heavy (non-hydrogen) atoms. The fraction of sp³-hybridized carbons (Fsp3) is 0.640. The Labute approximate surface area is 227 Å². The third-order valence-electron chi connectivity index (χ3n) is 5.51. The molecular weight excluding hydrogens is 567 g/mol. The van der Waals surface area contributed by atoms with Gasteiger partial charge in [0.25, 0.3) is 0 Å². The number of halogens is 2. The second kappa shape index (κ2) is 11.5. The zero-order valence-electron chi connectivity index (χ0n) is 22.6. The van der Waals surface area contributed by atoms with Gasteiger partial charge in [-0.3, -0.25) is 4.79 Å². The van der Waals surface area contributed by atoms with Crippen LogP contribution in [0.2, 0.25) is 25.7 Å². The number of thioether (sulfide) groups is 1. The summed E-state index contributed by atoms with van der Waals surface area (Å²) in [5.41, 5.74) is -1.41. The van der Waals surface area contributed by atoms with E-state index >= 15 is 0 Å². The molecule has 7 nitrogen and oxygen atoms in total. The van der Waals surface area contributed by atoms with E-state index in [1.165, 1.54) is 13.2 Å². The average Bonchev–Trinajstić information content (AvgIpc) is 2.71. The van der Waals surface area contributed by atoms with Gasteiger partial charge >= 0.3 is 11.9 Å². The lowest BCUT2D eigenvalue weighted by Crippen LogP contribution is -2.56. The number of carbonyl (C=O) groups excluding carboxylic acids is 2. The molecule has 0 aliphatic carbocycles. The predicted octanol–water partition coefficient (Wildman–Crippen LogP) is 5.84. The Kier molecular flexibility index (Phi) is 9.86. The third-order valence-corrected chi connectivity index (χ3v) is 8.87. The molecule has 1 N–H and O–H groups in total. The summed E-state index contributed by atoms with van der Waals surface area (Å²) >= 11 is 4.53. The molecule has 1 aliphatic heterocycles. The highest BCUT2D eigenvalue weighted by atomic mass is 79.9. The lowest BCUT2D eigenvalue weighted by Gasteiger charge is -2.44. The van der Waals surface area contributed by atoms with Crippen molar-refractivity contribution in [2.45, 2.75) is 88.8 Å². The molecule has 1 fully saturated rings. The monoisotopic (exact) mass is 604 g/mol. The number of nitrogens with one attached hydrogen (secondary N) is 1. The van der Waals surface area contributed by atoms with E-state index in [9.17, 15) is 14.0 Å². The third kappa shape index (κ3) is 8.56. The molecule has 202 valence electrons. The second-order valence-corrected chi connectivity index (χ2v) is 19.6. The summed E-state index contributed by atoms with van der Waals surface area (Å²) in [6.07, 6.45) is -1.02. The van der Waals surface area contributed by atoms with Crippen LogP contribution in [0.15, 0.2) is 27.7 Å². The molecule has 11 heteroatoms. The number of amidine groups is 1. The molecule has 1 aromatic carbocycles. The van der Waals surface area contributed by atoms with Gasteiger partial charge in [-0.25, -0.2) is 14.2 Å². The summed E-state index contributed by atoms with van der Waals surface area (Å²) in [5.74, 6) is -1.53. The van der Waals surface area contributed by atoms with Gasteiger partial charge < -0.3 is 19.5 Å². The summed E-state index contributed by atoms with van der Waals surface area (Å²) in [5, 5.41) is 3.53. The van der Waals surface area contributed by atoms with Crippen molar-refractivity contribution in [1.29, 1.82) is 0 Å². The molecule has 1 saturated heterocycles. The first-order valence-corrected chi connectivity index (χ1v) is 17.1. The number of hydrogen-bond donors (Lipinski definition) is 1. The Bertz CT molecular complexity index is 1010. The summed E-state index contributed by atoms with van der Waals surface area (Å²) in [4.78, 5) is 30.4. The number of methoxy groups -OCH3 is 1. The second-order valence-electron chi connectivity index (χ2n) is 11.6. The van der Waals surface area contributed by atoms with Gasteiger partial charge in [0.05, 0.1) is 12.6 Å². The van der Waals surface area contributed by atoms with E-state index in [1.54, 1.807) is 46.8 Å². The van der Waals surface area contributed by atoms with Gasteiger partial charge in [0.1, 0.15) is 16.2 Å². The van der Waals surface area contributed by atoms with Crippen LogP contribution in [0.3, 0.4) is 0 Å². The van der Waals surface area contributed by atoms with E-state index in [0.29, 0.717) is 16.6 Å². The SMILES string of the molecule is COC(=O)[C@]1(C)C[C@@](C)(c2cc(Br)ccc2F)N/C(=N/[C@@H](OCC[Si](C)(C)C)C(=O)OC(C)(C)C)S1. The number of nitrogens with zero attached hydrogens (tertiary/aromatic N) is 1. The molecule has 0 unspecified atom stereocenters. The van der Waals surface area contributed by atoms with E-state index in [-0.39, 0.29) is 11.6 Å². The summed E-state index contributed by atoms with van der Waals surface area (Å²) in [6, 6.07) is 5.48. The largest absolute Gasteiger partial charge is 0.468 e. The molecule has 0 radical (unpaired) electrons. The fourth-order valence-electron chi connectivity index (χ4n) is 3.79. The zero-order chi connectivity index (χ0) is 27.5. The molecule has 3 atom stereocenters. The van der Waals surface area contributed by atoms with Crippen LogP contribution in [0.25, 0.3) is 0 Å². The molecule has 0 amide bonds. The molecule has 1 aromatic rings. The maximum atomic E-state index is 15.0. The highest BCUT2D eigenvalue weighted by Crippen LogP contribution is 2.45. The van der Waals surface area contributed by atoms with E-state index in [0.717, 1.165) is 17.8 Å². The molecule has 1 aliphatic rings. The number of benzene rings is 1. The number of ether oxygens (including phenoxy) is 3. The van der Waals surface area contributed by atoms with Crippen LogP contribution < -0.4 is 5.32 Å². The van der Waals surface area contributed by atoms with Crippen LogP contribution in [0.4, 0.5) is 4.39 Å². The maximum Gasteiger partial charge on any atom is 0.359 e. The maximum absolute atomic E-state index is 15.0. The Hall–Kier alpha value is -1.43. The van der Waals surface area contributed by atoms with E-state index in [4.69, 9.17) is 14.2 Å². The molecule has 0 spiro atoms. The quantitative estimate of drug-likeness (QED) is 0.294. The van der Waals surface area contributed by atoms with E-state index in [2.05, 4.69) is 45.9 Å². The van der Waals surface area contributed by atoms with Crippen LogP contribution >= 0.6 is 27.7 Å². The highest BCUT2D eigenvalue weighted by Gasteiger charge is 2.50. The Balaban J connectivity index is 2.52. The van der Waals surface area contributed by atoms with Crippen LogP contribution in [0.1, 0.15) is 46.6 Å². The van der Waals surface area contributed by atoms with Crippen molar-refractivity contribution in [3.05, 3.63) is 34.1 Å². The lowest BCUT2D eigenvalue weighted by molar-refractivity contribution is -0.167. The van der Waals surface area contributed by atoms with Gasteiger partial charge in [-0.2, -0.15) is 0 Å². The zero-order valence-corrected chi connectivity index (χ0v) is 26.0. The van der Waals surface area contributed by atoms with Crippen molar-refractivity contribution in [1.82, 2.24) is 5.32 Å². The minimum Gasteiger partial charge on any atom is -0.468 e. The van der Waals surface area contributed by atoms with Gasteiger partial charge in [-0.1, -0.05) is 47.3 Å². The van der Waals surface area contributed by atoms with E-state index < -0.39 is 47.9 Å². The standard InChI is InChI=1S/C25H38BrFN2O5SSi/c1-23(2,3)34-20(30)19(33-12-13-36(7,8)9)28-22-29-24(4,15-25(5,35-22)21(31)32-6)17-14-16(26)10-11-18(17)27/h10-11,14,19H,12-13,15H2,1-9H3,(H,28,29)/t19-,24-,25-/m0/s1. The fourth-order valence-corrected chi connectivity index (χ4v) is 6.26. The van der Waals surface area contributed by atoms with Gasteiger partial charge in [0.15, 0.2) is 5.17 Å².